The van der Waals surface area contributed by atoms with E-state index in [-0.39, 0.29) is 0 Å². The number of piperidine rings is 1. The predicted octanol–water partition coefficient (Wildman–Crippen LogP) is 1.12. The summed E-state index contributed by atoms with van der Waals surface area (Å²) in [7, 11) is 2.16. The molecule has 0 aliphatic carbocycles. The van der Waals surface area contributed by atoms with E-state index in [1.807, 2.05) is 0 Å². The predicted molar refractivity (Wildman–Crippen MR) is 42.1 cm³/mol. The van der Waals surface area contributed by atoms with Crippen molar-refractivity contribution in [2.75, 3.05) is 26.7 Å². The van der Waals surface area contributed by atoms with Crippen molar-refractivity contribution in [2.45, 2.75) is 25.9 Å². The fourth-order valence-electron chi connectivity index (χ4n) is 1.49. The number of hydrogen-bond acceptors (Lipinski definition) is 2. The molecule has 0 aromatic carbocycles. The Morgan fingerprint density at radius 2 is 2.40 bits per heavy atom. The fourth-order valence-corrected chi connectivity index (χ4v) is 1.49. The van der Waals surface area contributed by atoms with Crippen molar-refractivity contribution in [1.82, 2.24) is 4.90 Å². The van der Waals surface area contributed by atoms with Crippen LogP contribution in [0.2, 0.25) is 0 Å². The fraction of sp³-hybridized carbons (Fsp3) is 1.00. The van der Waals surface area contributed by atoms with Crippen LogP contribution in [0, 0.1) is 0 Å². The van der Waals surface area contributed by atoms with Crippen LogP contribution in [0.25, 0.3) is 0 Å². The van der Waals surface area contributed by atoms with Crippen molar-refractivity contribution in [3.8, 4) is 0 Å². The van der Waals surface area contributed by atoms with Crippen LogP contribution >= 0.6 is 0 Å². The molecule has 2 nitrogen and oxygen atoms in total. The third kappa shape index (κ3) is 2.27. The second-order valence-electron chi connectivity index (χ2n) is 2.98. The van der Waals surface area contributed by atoms with E-state index in [1.54, 1.807) is 0 Å². The van der Waals surface area contributed by atoms with Crippen LogP contribution < -0.4 is 0 Å². The zero-order chi connectivity index (χ0) is 7.40. The second-order valence-corrected chi connectivity index (χ2v) is 2.98. The molecule has 0 N–H and O–H groups in total. The summed E-state index contributed by atoms with van der Waals surface area (Å²) in [5.74, 6) is 0. The van der Waals surface area contributed by atoms with Crippen molar-refractivity contribution in [1.29, 1.82) is 0 Å². The SMILES string of the molecule is CCO[C@@H]1CCCN(C)C1. The van der Waals surface area contributed by atoms with Gasteiger partial charge in [0.25, 0.3) is 0 Å². The highest BCUT2D eigenvalue weighted by Gasteiger charge is 2.16. The number of rotatable bonds is 2. The van der Waals surface area contributed by atoms with E-state index >= 15 is 0 Å². The molecule has 0 aromatic heterocycles. The first-order chi connectivity index (χ1) is 4.83. The normalized spacial score (nSPS) is 28.8. The third-order valence-corrected chi connectivity index (χ3v) is 1.98. The summed E-state index contributed by atoms with van der Waals surface area (Å²) in [4.78, 5) is 2.34. The quantitative estimate of drug-likeness (QED) is 0.574. The number of ether oxygens (including phenoxy) is 1. The number of nitrogens with zero attached hydrogens (tertiary/aromatic N) is 1. The lowest BCUT2D eigenvalue weighted by Gasteiger charge is -2.29. The van der Waals surface area contributed by atoms with E-state index in [1.165, 1.54) is 19.4 Å². The maximum atomic E-state index is 5.51. The van der Waals surface area contributed by atoms with E-state index in [9.17, 15) is 0 Å². The first kappa shape index (κ1) is 8.02. The first-order valence-electron chi connectivity index (χ1n) is 4.13. The minimum atomic E-state index is 0.503. The summed E-state index contributed by atoms with van der Waals surface area (Å²) in [6.07, 6.45) is 3.04. The maximum Gasteiger partial charge on any atom is 0.0702 e. The third-order valence-electron chi connectivity index (χ3n) is 1.98. The molecule has 1 rings (SSSR count). The lowest BCUT2D eigenvalue weighted by molar-refractivity contribution is 0.0133. The van der Waals surface area contributed by atoms with Gasteiger partial charge in [-0.25, -0.2) is 0 Å². The smallest absolute Gasteiger partial charge is 0.0702 e. The maximum absolute atomic E-state index is 5.51. The molecule has 0 radical (unpaired) electrons. The van der Waals surface area contributed by atoms with Gasteiger partial charge in [-0.1, -0.05) is 0 Å². The molecule has 0 amide bonds. The van der Waals surface area contributed by atoms with E-state index in [0.29, 0.717) is 6.10 Å². The van der Waals surface area contributed by atoms with Gasteiger partial charge in [0.2, 0.25) is 0 Å². The average Bonchev–Trinajstić information content (AvgIpc) is 1.88. The average molecular weight is 143 g/mol. The van der Waals surface area contributed by atoms with Crippen LogP contribution in [0.3, 0.4) is 0 Å². The van der Waals surface area contributed by atoms with Crippen molar-refractivity contribution in [3.63, 3.8) is 0 Å². The monoisotopic (exact) mass is 143 g/mol. The molecule has 60 valence electrons. The zero-order valence-corrected chi connectivity index (χ0v) is 6.97. The molecule has 0 spiro atoms. The molecule has 0 bridgehead atoms. The summed E-state index contributed by atoms with van der Waals surface area (Å²) in [5, 5.41) is 0. The Bertz CT molecular complexity index is 93.3. The molecule has 0 unspecified atom stereocenters. The molecule has 0 aromatic rings. The van der Waals surface area contributed by atoms with Gasteiger partial charge in [0.05, 0.1) is 6.10 Å². The Kier molecular flexibility index (Phi) is 3.16. The second kappa shape index (κ2) is 3.94. The molecule has 1 saturated heterocycles. The molecule has 1 aliphatic rings. The van der Waals surface area contributed by atoms with Gasteiger partial charge in [0.15, 0.2) is 0 Å². The number of likely N-dealkylation sites (N-methyl/N-ethyl adjacent to an activating group) is 1. The standard InChI is InChI=1S/C8H17NO/c1-3-10-8-5-4-6-9(2)7-8/h8H,3-7H2,1-2H3/t8-/m1/s1. The van der Waals surface area contributed by atoms with Gasteiger partial charge in [-0.05, 0) is 33.4 Å². The van der Waals surface area contributed by atoms with Gasteiger partial charge < -0.3 is 9.64 Å². The minimum absolute atomic E-state index is 0.503. The molecule has 10 heavy (non-hydrogen) atoms. The summed E-state index contributed by atoms with van der Waals surface area (Å²) in [6, 6.07) is 0. The van der Waals surface area contributed by atoms with Crippen molar-refractivity contribution in [2.24, 2.45) is 0 Å². The van der Waals surface area contributed by atoms with Crippen LogP contribution in [0.1, 0.15) is 19.8 Å². The van der Waals surface area contributed by atoms with E-state index < -0.39 is 0 Å². The zero-order valence-electron chi connectivity index (χ0n) is 6.97. The van der Waals surface area contributed by atoms with Gasteiger partial charge in [0.1, 0.15) is 0 Å². The van der Waals surface area contributed by atoms with Crippen molar-refractivity contribution < 1.29 is 4.74 Å². The van der Waals surface area contributed by atoms with Crippen LogP contribution in [0.4, 0.5) is 0 Å². The summed E-state index contributed by atoms with van der Waals surface area (Å²) < 4.78 is 5.51. The first-order valence-corrected chi connectivity index (χ1v) is 4.13. The van der Waals surface area contributed by atoms with Crippen LogP contribution in [0.15, 0.2) is 0 Å². The Morgan fingerprint density at radius 3 is 3.00 bits per heavy atom. The van der Waals surface area contributed by atoms with Gasteiger partial charge in [0, 0.05) is 13.2 Å². The van der Waals surface area contributed by atoms with Gasteiger partial charge in [-0.2, -0.15) is 0 Å². The number of likely N-dealkylation sites (tertiary alicyclic amines) is 1. The van der Waals surface area contributed by atoms with E-state index in [0.717, 1.165) is 13.2 Å². The Labute approximate surface area is 63.2 Å². The molecule has 1 fully saturated rings. The van der Waals surface area contributed by atoms with Crippen molar-refractivity contribution in [3.05, 3.63) is 0 Å². The van der Waals surface area contributed by atoms with Crippen LogP contribution in [0.5, 0.6) is 0 Å². The minimum Gasteiger partial charge on any atom is -0.377 e. The largest absolute Gasteiger partial charge is 0.377 e. The molecule has 1 atom stereocenters. The lowest BCUT2D eigenvalue weighted by Crippen LogP contribution is -2.36. The van der Waals surface area contributed by atoms with Crippen LogP contribution in [-0.4, -0.2) is 37.7 Å². The molecule has 2 heteroatoms. The van der Waals surface area contributed by atoms with E-state index in [4.69, 9.17) is 4.74 Å². The highest BCUT2D eigenvalue weighted by molar-refractivity contribution is 4.69. The summed E-state index contributed by atoms with van der Waals surface area (Å²) in [5.41, 5.74) is 0. The van der Waals surface area contributed by atoms with Gasteiger partial charge in [-0.3, -0.25) is 0 Å². The summed E-state index contributed by atoms with van der Waals surface area (Å²) in [6.45, 7) is 5.28. The Hall–Kier alpha value is -0.0800. The summed E-state index contributed by atoms with van der Waals surface area (Å²) >= 11 is 0. The Morgan fingerprint density at radius 1 is 1.60 bits per heavy atom. The highest BCUT2D eigenvalue weighted by atomic mass is 16.5. The van der Waals surface area contributed by atoms with Crippen LogP contribution in [-0.2, 0) is 4.74 Å². The van der Waals surface area contributed by atoms with Crippen molar-refractivity contribution >= 4 is 0 Å². The molecule has 0 saturated carbocycles. The molecule has 1 heterocycles. The van der Waals surface area contributed by atoms with Gasteiger partial charge >= 0.3 is 0 Å². The highest BCUT2D eigenvalue weighted by Crippen LogP contribution is 2.10. The molecular formula is C8H17NO. The number of hydrogen-bond donors (Lipinski definition) is 0. The lowest BCUT2D eigenvalue weighted by atomic mass is 10.1. The van der Waals surface area contributed by atoms with E-state index in [2.05, 4.69) is 18.9 Å². The Balaban J connectivity index is 2.18. The van der Waals surface area contributed by atoms with Gasteiger partial charge in [-0.15, -0.1) is 0 Å². The molecule has 1 aliphatic heterocycles. The topological polar surface area (TPSA) is 12.5 Å². The molecular weight excluding hydrogens is 126 g/mol.